The number of piperidine rings is 1. The molecular weight excluding hydrogens is 294 g/mol. The van der Waals surface area contributed by atoms with Gasteiger partial charge in [0.15, 0.2) is 5.78 Å². The van der Waals surface area contributed by atoms with Crippen LogP contribution in [0.4, 0.5) is 0 Å². The summed E-state index contributed by atoms with van der Waals surface area (Å²) < 4.78 is 6.29. The summed E-state index contributed by atoms with van der Waals surface area (Å²) in [5.41, 5.74) is 1.78. The summed E-state index contributed by atoms with van der Waals surface area (Å²) in [5, 5.41) is 0. The summed E-state index contributed by atoms with van der Waals surface area (Å²) in [4.78, 5) is 14.0. The average molecular weight is 310 g/mol. The number of methoxy groups -OCH3 is 1. The normalized spacial score (nSPS) is 19.3. The summed E-state index contributed by atoms with van der Waals surface area (Å²) in [7, 11) is 3.67. The second-order valence-corrected chi connectivity index (χ2v) is 5.38. The fraction of sp³-hybridized carbons (Fsp3) is 0.357. The van der Waals surface area contributed by atoms with Crippen molar-refractivity contribution in [2.24, 2.45) is 0 Å². The van der Waals surface area contributed by atoms with Crippen LogP contribution in [0.1, 0.15) is 12.0 Å². The first kappa shape index (κ1) is 13.3. The smallest absolute Gasteiger partial charge is 0.161 e. The molecule has 0 amide bonds. The van der Waals surface area contributed by atoms with Crippen LogP contribution in [0, 0.1) is 0 Å². The van der Waals surface area contributed by atoms with Gasteiger partial charge in [-0.2, -0.15) is 0 Å². The molecule has 1 aliphatic heterocycles. The van der Waals surface area contributed by atoms with Gasteiger partial charge in [-0.15, -0.1) is 0 Å². The van der Waals surface area contributed by atoms with E-state index in [-0.39, 0.29) is 5.78 Å². The number of Topliss-reactive ketones (excluding diaryl/α,β-unsaturated/α-hetero) is 1. The number of hydrogen-bond acceptors (Lipinski definition) is 3. The van der Waals surface area contributed by atoms with E-state index in [1.165, 1.54) is 0 Å². The molecule has 18 heavy (non-hydrogen) atoms. The molecule has 0 aliphatic carbocycles. The number of carbonyl (C=O) groups is 1. The number of nitrogens with zero attached hydrogens (tertiary/aromatic N) is 1. The van der Waals surface area contributed by atoms with Gasteiger partial charge in [0.25, 0.3) is 0 Å². The van der Waals surface area contributed by atoms with Crippen molar-refractivity contribution in [2.45, 2.75) is 6.42 Å². The predicted octanol–water partition coefficient (Wildman–Crippen LogP) is 2.75. The van der Waals surface area contributed by atoms with Crippen molar-refractivity contribution in [3.63, 3.8) is 0 Å². The van der Waals surface area contributed by atoms with E-state index < -0.39 is 0 Å². The van der Waals surface area contributed by atoms with Crippen LogP contribution in [-0.2, 0) is 4.79 Å². The van der Waals surface area contributed by atoms with Crippen LogP contribution in [-0.4, -0.2) is 37.9 Å². The third kappa shape index (κ3) is 3.00. The number of hydrogen-bond donors (Lipinski definition) is 0. The minimum atomic E-state index is 0.232. The van der Waals surface area contributed by atoms with E-state index in [2.05, 4.69) is 20.8 Å². The summed E-state index contributed by atoms with van der Waals surface area (Å²) in [6, 6.07) is 5.79. The molecule has 1 saturated heterocycles. The van der Waals surface area contributed by atoms with Crippen LogP contribution in [0.25, 0.3) is 6.08 Å². The molecule has 0 aromatic heterocycles. The molecule has 0 unspecified atom stereocenters. The van der Waals surface area contributed by atoms with Gasteiger partial charge in [-0.3, -0.25) is 4.79 Å². The summed E-state index contributed by atoms with van der Waals surface area (Å²) in [6.45, 7) is 1.54. The lowest BCUT2D eigenvalue weighted by Crippen LogP contribution is -2.32. The van der Waals surface area contributed by atoms with Gasteiger partial charge >= 0.3 is 0 Å². The van der Waals surface area contributed by atoms with Crippen molar-refractivity contribution in [1.29, 1.82) is 0 Å². The molecule has 0 bridgehead atoms. The van der Waals surface area contributed by atoms with Crippen LogP contribution in [0.15, 0.2) is 28.2 Å². The Morgan fingerprint density at radius 1 is 1.44 bits per heavy atom. The molecule has 3 nitrogen and oxygen atoms in total. The van der Waals surface area contributed by atoms with Gasteiger partial charge in [0.1, 0.15) is 5.75 Å². The minimum absolute atomic E-state index is 0.232. The average Bonchev–Trinajstić information content (AvgIpc) is 2.34. The van der Waals surface area contributed by atoms with Crippen LogP contribution < -0.4 is 4.74 Å². The lowest BCUT2D eigenvalue weighted by molar-refractivity contribution is -0.117. The number of benzene rings is 1. The quantitative estimate of drug-likeness (QED) is 0.787. The van der Waals surface area contributed by atoms with Crippen LogP contribution in [0.5, 0.6) is 5.75 Å². The van der Waals surface area contributed by atoms with Crippen LogP contribution in [0.3, 0.4) is 0 Å². The molecule has 2 rings (SSSR count). The molecule has 0 radical (unpaired) electrons. The highest BCUT2D eigenvalue weighted by Gasteiger charge is 2.19. The molecule has 1 fully saturated rings. The predicted molar refractivity (Wildman–Crippen MR) is 75.8 cm³/mol. The zero-order valence-electron chi connectivity index (χ0n) is 10.6. The molecule has 0 spiro atoms. The summed E-state index contributed by atoms with van der Waals surface area (Å²) >= 11 is 3.44. The van der Waals surface area contributed by atoms with Crippen molar-refractivity contribution < 1.29 is 9.53 Å². The van der Waals surface area contributed by atoms with Crippen molar-refractivity contribution in [3.8, 4) is 5.75 Å². The minimum Gasteiger partial charge on any atom is -0.496 e. The van der Waals surface area contributed by atoms with E-state index in [9.17, 15) is 4.79 Å². The molecule has 0 N–H and O–H groups in total. The summed E-state index contributed by atoms with van der Waals surface area (Å²) in [6.07, 6.45) is 2.53. The Hall–Kier alpha value is -1.13. The number of halogens is 1. The molecule has 1 aromatic rings. The Morgan fingerprint density at radius 3 is 2.94 bits per heavy atom. The van der Waals surface area contributed by atoms with Crippen molar-refractivity contribution in [1.82, 2.24) is 4.90 Å². The first-order valence-electron chi connectivity index (χ1n) is 5.86. The molecule has 0 saturated carbocycles. The van der Waals surface area contributed by atoms with E-state index >= 15 is 0 Å². The highest BCUT2D eigenvalue weighted by Crippen LogP contribution is 2.26. The Kier molecular flexibility index (Phi) is 4.19. The molecule has 1 heterocycles. The zero-order chi connectivity index (χ0) is 13.1. The Morgan fingerprint density at radius 2 is 2.22 bits per heavy atom. The Balaban J connectivity index is 2.36. The van der Waals surface area contributed by atoms with E-state index in [0.29, 0.717) is 13.0 Å². The van der Waals surface area contributed by atoms with E-state index in [4.69, 9.17) is 4.74 Å². The summed E-state index contributed by atoms with van der Waals surface area (Å²) in [5.74, 6) is 1.02. The first-order valence-corrected chi connectivity index (χ1v) is 6.65. The number of carbonyl (C=O) groups excluding carboxylic acids is 1. The van der Waals surface area contributed by atoms with Crippen molar-refractivity contribution >= 4 is 27.8 Å². The van der Waals surface area contributed by atoms with Gasteiger partial charge in [-0.25, -0.2) is 0 Å². The van der Waals surface area contributed by atoms with Gasteiger partial charge in [0, 0.05) is 35.1 Å². The van der Waals surface area contributed by atoms with E-state index in [1.54, 1.807) is 7.11 Å². The van der Waals surface area contributed by atoms with Gasteiger partial charge < -0.3 is 9.64 Å². The lowest BCUT2D eigenvalue weighted by Gasteiger charge is -2.23. The number of ketones is 1. The van der Waals surface area contributed by atoms with E-state index in [1.807, 2.05) is 31.3 Å². The second-order valence-electron chi connectivity index (χ2n) is 4.47. The second kappa shape index (κ2) is 5.67. The first-order chi connectivity index (χ1) is 8.60. The molecule has 1 aromatic carbocycles. The largest absolute Gasteiger partial charge is 0.496 e. The van der Waals surface area contributed by atoms with Crippen LogP contribution in [0.2, 0.25) is 0 Å². The highest BCUT2D eigenvalue weighted by atomic mass is 79.9. The molecule has 0 atom stereocenters. The third-order valence-electron chi connectivity index (χ3n) is 3.04. The number of ether oxygens (including phenoxy) is 1. The topological polar surface area (TPSA) is 29.5 Å². The number of rotatable bonds is 2. The fourth-order valence-electron chi connectivity index (χ4n) is 2.04. The standard InChI is InChI=1S/C14H16BrNO2/c1-16-6-5-13(17)11(9-16)7-10-8-12(15)3-4-14(10)18-2/h3-4,7-8H,5-6,9H2,1-2H3/b11-7+. The maximum atomic E-state index is 11.9. The highest BCUT2D eigenvalue weighted by molar-refractivity contribution is 9.10. The van der Waals surface area contributed by atoms with Crippen molar-refractivity contribution in [3.05, 3.63) is 33.8 Å². The van der Waals surface area contributed by atoms with Gasteiger partial charge in [-0.1, -0.05) is 15.9 Å². The zero-order valence-corrected chi connectivity index (χ0v) is 12.2. The maximum absolute atomic E-state index is 11.9. The van der Waals surface area contributed by atoms with Crippen molar-refractivity contribution in [2.75, 3.05) is 27.2 Å². The molecular formula is C14H16BrNO2. The van der Waals surface area contributed by atoms with Gasteiger partial charge in [0.2, 0.25) is 0 Å². The third-order valence-corrected chi connectivity index (χ3v) is 3.53. The monoisotopic (exact) mass is 309 g/mol. The van der Waals surface area contributed by atoms with E-state index in [0.717, 1.165) is 27.9 Å². The Bertz CT molecular complexity index is 497. The van der Waals surface area contributed by atoms with Gasteiger partial charge in [-0.05, 0) is 31.3 Å². The molecule has 1 aliphatic rings. The lowest BCUT2D eigenvalue weighted by atomic mass is 10.0. The fourth-order valence-corrected chi connectivity index (χ4v) is 2.42. The number of likely N-dealkylation sites (tertiary alicyclic amines) is 1. The van der Waals surface area contributed by atoms with Gasteiger partial charge in [0.05, 0.1) is 7.11 Å². The molecule has 96 valence electrons. The molecule has 4 heteroatoms. The SMILES string of the molecule is COc1ccc(Br)cc1/C=C1\CN(C)CCC1=O. The number of likely N-dealkylation sites (N-methyl/N-ethyl adjacent to an activating group) is 1. The Labute approximate surface area is 116 Å². The van der Waals surface area contributed by atoms with Crippen LogP contribution >= 0.6 is 15.9 Å². The maximum Gasteiger partial charge on any atom is 0.161 e.